The Hall–Kier alpha value is 0.680. The van der Waals surface area contributed by atoms with Gasteiger partial charge < -0.3 is 5.32 Å². The third kappa shape index (κ3) is 4.51. The van der Waals surface area contributed by atoms with E-state index >= 15 is 0 Å². The van der Waals surface area contributed by atoms with E-state index in [2.05, 4.69) is 63.8 Å². The van der Waals surface area contributed by atoms with Gasteiger partial charge in [0.1, 0.15) is 0 Å². The van der Waals surface area contributed by atoms with Crippen molar-refractivity contribution >= 4 is 50.1 Å². The first-order valence-electron chi connectivity index (χ1n) is 5.28. The molecule has 1 rings (SSSR count). The van der Waals surface area contributed by atoms with E-state index in [4.69, 9.17) is 11.6 Å². The summed E-state index contributed by atoms with van der Waals surface area (Å²) in [6, 6.07) is 6.56. The van der Waals surface area contributed by atoms with Gasteiger partial charge in [-0.2, -0.15) is 0 Å². The van der Waals surface area contributed by atoms with Crippen LogP contribution in [0.5, 0.6) is 0 Å². The topological polar surface area (TPSA) is 12.0 Å². The first-order chi connectivity index (χ1) is 7.54. The summed E-state index contributed by atoms with van der Waals surface area (Å²) in [5.74, 6) is 0.645. The minimum absolute atomic E-state index is 0.542. The van der Waals surface area contributed by atoms with Crippen LogP contribution in [0.15, 0.2) is 22.7 Å². The lowest BCUT2D eigenvalue weighted by Gasteiger charge is -2.20. The minimum atomic E-state index is 0.542. The van der Waals surface area contributed by atoms with Crippen LogP contribution >= 0.6 is 50.1 Å². The molecular formula is C12H16BrClIN. The van der Waals surface area contributed by atoms with Gasteiger partial charge in [-0.15, -0.1) is 0 Å². The van der Waals surface area contributed by atoms with E-state index < -0.39 is 0 Å². The molecule has 0 aliphatic carbocycles. The van der Waals surface area contributed by atoms with Gasteiger partial charge in [-0.3, -0.25) is 0 Å². The molecule has 1 aromatic carbocycles. The fraction of sp³-hybridized carbons (Fsp3) is 0.500. The van der Waals surface area contributed by atoms with Crippen LogP contribution in [-0.2, 0) is 6.54 Å². The number of benzene rings is 1. The summed E-state index contributed by atoms with van der Waals surface area (Å²) < 4.78 is 2.14. The molecule has 0 radical (unpaired) electrons. The number of nitrogens with one attached hydrogen (secondary N) is 1. The van der Waals surface area contributed by atoms with Crippen LogP contribution in [-0.4, -0.2) is 10.5 Å². The van der Waals surface area contributed by atoms with Crippen molar-refractivity contribution in [2.75, 3.05) is 4.43 Å². The molecule has 0 saturated heterocycles. The SMILES string of the molecule is CC(C)C(CI)NCc1ccc(Br)cc1Cl. The maximum atomic E-state index is 6.16. The fourth-order valence-electron chi connectivity index (χ4n) is 1.37. The molecule has 1 N–H and O–H groups in total. The van der Waals surface area contributed by atoms with Crippen LogP contribution in [0.25, 0.3) is 0 Å². The highest BCUT2D eigenvalue weighted by molar-refractivity contribution is 14.1. The van der Waals surface area contributed by atoms with Gasteiger partial charge in [-0.1, -0.05) is 70.0 Å². The van der Waals surface area contributed by atoms with Crippen LogP contribution < -0.4 is 5.32 Å². The van der Waals surface area contributed by atoms with Crippen molar-refractivity contribution < 1.29 is 0 Å². The average Bonchev–Trinajstić information content (AvgIpc) is 2.21. The molecule has 0 bridgehead atoms. The average molecular weight is 417 g/mol. The largest absolute Gasteiger partial charge is 0.309 e. The summed E-state index contributed by atoms with van der Waals surface area (Å²) in [7, 11) is 0. The number of hydrogen-bond donors (Lipinski definition) is 1. The normalized spacial score (nSPS) is 13.1. The maximum absolute atomic E-state index is 6.16. The van der Waals surface area contributed by atoms with Crippen molar-refractivity contribution in [3.05, 3.63) is 33.3 Å². The number of rotatable bonds is 5. The van der Waals surface area contributed by atoms with Crippen molar-refractivity contribution in [3.63, 3.8) is 0 Å². The highest BCUT2D eigenvalue weighted by Crippen LogP contribution is 2.21. The molecule has 0 aromatic heterocycles. The highest BCUT2D eigenvalue weighted by atomic mass is 127. The van der Waals surface area contributed by atoms with Crippen molar-refractivity contribution in [2.24, 2.45) is 5.92 Å². The molecule has 1 atom stereocenters. The molecule has 0 fully saturated rings. The van der Waals surface area contributed by atoms with E-state index in [-0.39, 0.29) is 0 Å². The Morgan fingerprint density at radius 2 is 2.12 bits per heavy atom. The number of hydrogen-bond acceptors (Lipinski definition) is 1. The summed E-state index contributed by atoms with van der Waals surface area (Å²) >= 11 is 12.0. The second-order valence-electron chi connectivity index (χ2n) is 4.12. The molecule has 1 aromatic rings. The van der Waals surface area contributed by atoms with Gasteiger partial charge in [0.25, 0.3) is 0 Å². The molecule has 90 valence electrons. The predicted molar refractivity (Wildman–Crippen MR) is 83.5 cm³/mol. The van der Waals surface area contributed by atoms with Gasteiger partial charge in [0, 0.05) is 26.5 Å². The quantitative estimate of drug-likeness (QED) is 0.544. The lowest BCUT2D eigenvalue weighted by atomic mass is 10.1. The predicted octanol–water partition coefficient (Wildman–Crippen LogP) is 4.65. The molecule has 1 unspecified atom stereocenters. The van der Waals surface area contributed by atoms with Crippen LogP contribution in [0.1, 0.15) is 19.4 Å². The van der Waals surface area contributed by atoms with E-state index in [9.17, 15) is 0 Å². The van der Waals surface area contributed by atoms with Crippen molar-refractivity contribution in [3.8, 4) is 0 Å². The third-order valence-corrected chi connectivity index (χ3v) is 4.33. The Kier molecular flexibility index (Phi) is 6.62. The molecule has 0 aliphatic heterocycles. The van der Waals surface area contributed by atoms with Gasteiger partial charge in [0.2, 0.25) is 0 Å². The van der Waals surface area contributed by atoms with Crippen LogP contribution in [0.2, 0.25) is 5.02 Å². The Balaban J connectivity index is 2.60. The van der Waals surface area contributed by atoms with E-state index in [1.165, 1.54) is 0 Å². The summed E-state index contributed by atoms with van der Waals surface area (Å²) in [5.41, 5.74) is 1.15. The smallest absolute Gasteiger partial charge is 0.0462 e. The fourth-order valence-corrected chi connectivity index (χ4v) is 3.44. The molecule has 4 heteroatoms. The Bertz CT molecular complexity index is 344. The minimum Gasteiger partial charge on any atom is -0.309 e. The lowest BCUT2D eigenvalue weighted by Crippen LogP contribution is -2.34. The second-order valence-corrected chi connectivity index (χ2v) is 6.33. The lowest BCUT2D eigenvalue weighted by molar-refractivity contribution is 0.436. The molecule has 0 spiro atoms. The molecule has 0 aliphatic rings. The first-order valence-corrected chi connectivity index (χ1v) is 7.97. The van der Waals surface area contributed by atoms with Gasteiger partial charge in [0.05, 0.1) is 0 Å². The van der Waals surface area contributed by atoms with Crippen LogP contribution in [0.4, 0.5) is 0 Å². The van der Waals surface area contributed by atoms with Gasteiger partial charge >= 0.3 is 0 Å². The van der Waals surface area contributed by atoms with Crippen LogP contribution in [0, 0.1) is 5.92 Å². The molecule has 0 heterocycles. The van der Waals surface area contributed by atoms with Crippen molar-refractivity contribution in [1.29, 1.82) is 0 Å². The van der Waals surface area contributed by atoms with Crippen molar-refractivity contribution in [2.45, 2.75) is 26.4 Å². The summed E-state index contributed by atoms with van der Waals surface area (Å²) in [6.07, 6.45) is 0. The Morgan fingerprint density at radius 3 is 2.62 bits per heavy atom. The zero-order chi connectivity index (χ0) is 12.1. The summed E-state index contributed by atoms with van der Waals surface area (Å²) in [4.78, 5) is 0. The second kappa shape index (κ2) is 7.19. The van der Waals surface area contributed by atoms with E-state index in [1.54, 1.807) is 0 Å². The Labute approximate surface area is 125 Å². The van der Waals surface area contributed by atoms with E-state index in [1.807, 2.05) is 12.1 Å². The van der Waals surface area contributed by atoms with Crippen molar-refractivity contribution in [1.82, 2.24) is 5.32 Å². The van der Waals surface area contributed by atoms with Gasteiger partial charge in [0.15, 0.2) is 0 Å². The van der Waals surface area contributed by atoms with Gasteiger partial charge in [-0.05, 0) is 23.6 Å². The number of alkyl halides is 1. The number of halogens is 3. The summed E-state index contributed by atoms with van der Waals surface area (Å²) in [5, 5.41) is 4.36. The maximum Gasteiger partial charge on any atom is 0.0462 e. The van der Waals surface area contributed by atoms with E-state index in [0.29, 0.717) is 12.0 Å². The van der Waals surface area contributed by atoms with E-state index in [0.717, 1.165) is 26.0 Å². The molecular weight excluding hydrogens is 400 g/mol. The molecule has 0 amide bonds. The zero-order valence-corrected chi connectivity index (χ0v) is 13.9. The summed E-state index contributed by atoms with van der Waals surface area (Å²) in [6.45, 7) is 5.30. The standard InChI is InChI=1S/C12H16BrClIN/c1-8(2)12(6-15)16-7-9-3-4-10(13)5-11(9)14/h3-5,8,12,16H,6-7H2,1-2H3. The molecule has 1 nitrogen and oxygen atoms in total. The monoisotopic (exact) mass is 415 g/mol. The molecule has 0 saturated carbocycles. The zero-order valence-electron chi connectivity index (χ0n) is 9.43. The highest BCUT2D eigenvalue weighted by Gasteiger charge is 2.11. The van der Waals surface area contributed by atoms with Crippen LogP contribution in [0.3, 0.4) is 0 Å². The molecule has 16 heavy (non-hydrogen) atoms. The third-order valence-electron chi connectivity index (χ3n) is 2.54. The Morgan fingerprint density at radius 1 is 1.44 bits per heavy atom. The first kappa shape index (κ1) is 14.7. The van der Waals surface area contributed by atoms with Gasteiger partial charge in [-0.25, -0.2) is 0 Å².